The van der Waals surface area contributed by atoms with Crippen molar-refractivity contribution in [1.82, 2.24) is 19.6 Å². The minimum atomic E-state index is -1.15. The van der Waals surface area contributed by atoms with Gasteiger partial charge in [-0.15, -0.1) is 0 Å². The number of carbonyl (C=O) groups is 2. The minimum absolute atomic E-state index is 0.0696. The van der Waals surface area contributed by atoms with Gasteiger partial charge >= 0.3 is 5.97 Å². The number of hydrogen-bond acceptors (Lipinski definition) is 4. The van der Waals surface area contributed by atoms with Crippen molar-refractivity contribution in [3.8, 4) is 0 Å². The highest BCUT2D eigenvalue weighted by Gasteiger charge is 2.23. The number of halogens is 1. The zero-order valence-corrected chi connectivity index (χ0v) is 13.0. The average molecular weight is 356 g/mol. The number of aryl methyl sites for hydroxylation is 1. The van der Waals surface area contributed by atoms with Crippen LogP contribution in [0.1, 0.15) is 29.9 Å². The van der Waals surface area contributed by atoms with Crippen LogP contribution < -0.4 is 5.32 Å². The molecular weight excluding hydrogens is 342 g/mol. The quantitative estimate of drug-likeness (QED) is 0.849. The number of amides is 1. The van der Waals surface area contributed by atoms with Gasteiger partial charge in [-0.05, 0) is 22.4 Å². The van der Waals surface area contributed by atoms with Crippen molar-refractivity contribution < 1.29 is 14.7 Å². The molecule has 2 N–H and O–H groups in total. The Kier molecular flexibility index (Phi) is 4.41. The summed E-state index contributed by atoms with van der Waals surface area (Å²) in [6.07, 6.45) is 5.10. The number of rotatable bonds is 5. The zero-order chi connectivity index (χ0) is 15.6. The van der Waals surface area contributed by atoms with Gasteiger partial charge in [0.05, 0.1) is 22.6 Å². The molecule has 1 atom stereocenters. The van der Waals surface area contributed by atoms with Crippen LogP contribution in [0.2, 0.25) is 0 Å². The van der Waals surface area contributed by atoms with Crippen molar-refractivity contribution in [2.75, 3.05) is 5.32 Å². The number of carbonyl (C=O) groups excluding carboxylic acids is 1. The molecule has 2 aromatic heterocycles. The maximum absolute atomic E-state index is 12.3. The third kappa shape index (κ3) is 3.13. The highest BCUT2D eigenvalue weighted by molar-refractivity contribution is 9.10. The van der Waals surface area contributed by atoms with Gasteiger partial charge in [-0.2, -0.15) is 10.2 Å². The van der Waals surface area contributed by atoms with Crippen LogP contribution in [0.5, 0.6) is 0 Å². The molecule has 1 amide bonds. The van der Waals surface area contributed by atoms with Crippen LogP contribution in [0.25, 0.3) is 0 Å². The lowest BCUT2D eigenvalue weighted by atomic mass is 10.2. The van der Waals surface area contributed by atoms with E-state index in [2.05, 4.69) is 31.4 Å². The molecule has 0 saturated heterocycles. The number of carboxylic acid groups (broad SMARTS) is 1. The van der Waals surface area contributed by atoms with Gasteiger partial charge in [0.2, 0.25) is 5.91 Å². The fourth-order valence-electron chi connectivity index (χ4n) is 1.98. The monoisotopic (exact) mass is 355 g/mol. The van der Waals surface area contributed by atoms with Gasteiger partial charge < -0.3 is 10.4 Å². The molecule has 2 aromatic rings. The fraction of sp³-hybridized carbons (Fsp3) is 0.333. The summed E-state index contributed by atoms with van der Waals surface area (Å²) in [6, 6.07) is -0.529. The molecule has 112 valence electrons. The first-order valence-corrected chi connectivity index (χ1v) is 6.99. The molecule has 0 bridgehead atoms. The summed E-state index contributed by atoms with van der Waals surface area (Å²) in [6.45, 7) is 1.85. The van der Waals surface area contributed by atoms with E-state index in [0.717, 1.165) is 4.47 Å². The Morgan fingerprint density at radius 1 is 1.43 bits per heavy atom. The number of aromatic carboxylic acids is 1. The smallest absolute Gasteiger partial charge is 0.356 e. The Bertz CT molecular complexity index is 678. The molecule has 1 unspecified atom stereocenters. The van der Waals surface area contributed by atoms with Crippen LogP contribution in [0.3, 0.4) is 0 Å². The molecule has 0 aliphatic rings. The number of nitrogens with one attached hydrogen (secondary N) is 1. The highest BCUT2D eigenvalue weighted by atomic mass is 79.9. The van der Waals surface area contributed by atoms with Crippen LogP contribution in [0.15, 0.2) is 23.1 Å². The van der Waals surface area contributed by atoms with Crippen LogP contribution in [0.4, 0.5) is 5.69 Å². The summed E-state index contributed by atoms with van der Waals surface area (Å²) in [5.41, 5.74) is 0.0968. The Labute approximate surface area is 128 Å². The SMILES string of the molecule is CCC(C(=O)Nc1cnn(C)c1C(=O)O)n1cc(Br)cn1. The first-order valence-electron chi connectivity index (χ1n) is 6.19. The lowest BCUT2D eigenvalue weighted by molar-refractivity contribution is -0.119. The highest BCUT2D eigenvalue weighted by Crippen LogP contribution is 2.19. The fourth-order valence-corrected chi connectivity index (χ4v) is 2.28. The van der Waals surface area contributed by atoms with Crippen LogP contribution >= 0.6 is 15.9 Å². The Morgan fingerprint density at radius 2 is 2.14 bits per heavy atom. The second-order valence-corrected chi connectivity index (χ2v) is 5.30. The molecule has 0 saturated carbocycles. The molecule has 0 fully saturated rings. The Morgan fingerprint density at radius 3 is 2.67 bits per heavy atom. The first-order chi connectivity index (χ1) is 9.93. The summed E-state index contributed by atoms with van der Waals surface area (Å²) in [4.78, 5) is 23.5. The molecule has 2 rings (SSSR count). The lowest BCUT2D eigenvalue weighted by Crippen LogP contribution is -2.26. The number of hydrogen-bond donors (Lipinski definition) is 2. The van der Waals surface area contributed by atoms with E-state index in [-0.39, 0.29) is 17.3 Å². The number of nitrogens with zero attached hydrogens (tertiary/aromatic N) is 4. The largest absolute Gasteiger partial charge is 0.476 e. The molecule has 21 heavy (non-hydrogen) atoms. The van der Waals surface area contributed by atoms with Gasteiger partial charge in [0.15, 0.2) is 5.69 Å². The number of carboxylic acids is 1. The van der Waals surface area contributed by atoms with Crippen molar-refractivity contribution in [1.29, 1.82) is 0 Å². The molecule has 0 aliphatic heterocycles. The second-order valence-electron chi connectivity index (χ2n) is 4.39. The van der Waals surface area contributed by atoms with E-state index in [1.54, 1.807) is 12.4 Å². The maximum atomic E-state index is 12.3. The molecule has 0 aromatic carbocycles. The first kappa shape index (κ1) is 15.2. The topological polar surface area (TPSA) is 102 Å². The third-order valence-corrected chi connectivity index (χ3v) is 3.39. The molecule has 0 aliphatic carbocycles. The van der Waals surface area contributed by atoms with Crippen molar-refractivity contribution in [3.05, 3.63) is 28.8 Å². The molecule has 9 heteroatoms. The number of aromatic nitrogens is 4. The molecule has 8 nitrogen and oxygen atoms in total. The third-order valence-electron chi connectivity index (χ3n) is 2.98. The standard InChI is InChI=1S/C12H14BrN5O3/c1-3-9(18-6-7(13)4-15-18)11(19)16-8-5-14-17(2)10(8)12(20)21/h4-6,9H,3H2,1-2H3,(H,16,19)(H,20,21). The van der Waals surface area contributed by atoms with Crippen LogP contribution in [-0.2, 0) is 11.8 Å². The van der Waals surface area contributed by atoms with E-state index < -0.39 is 12.0 Å². The van der Waals surface area contributed by atoms with Crippen LogP contribution in [-0.4, -0.2) is 36.5 Å². The van der Waals surface area contributed by atoms with Gasteiger partial charge in [0.1, 0.15) is 6.04 Å². The number of anilines is 1. The van der Waals surface area contributed by atoms with Gasteiger partial charge in [0.25, 0.3) is 0 Å². The van der Waals surface area contributed by atoms with Crippen molar-refractivity contribution in [3.63, 3.8) is 0 Å². The predicted octanol–water partition coefficient (Wildman–Crippen LogP) is 1.67. The zero-order valence-electron chi connectivity index (χ0n) is 11.4. The van der Waals surface area contributed by atoms with E-state index in [4.69, 9.17) is 5.11 Å². The van der Waals surface area contributed by atoms with Crippen molar-refractivity contribution in [2.24, 2.45) is 7.05 Å². The van der Waals surface area contributed by atoms with E-state index in [1.807, 2.05) is 6.92 Å². The van der Waals surface area contributed by atoms with Crippen molar-refractivity contribution >= 4 is 33.5 Å². The molecular formula is C12H14BrN5O3. The summed E-state index contributed by atoms with van der Waals surface area (Å²) in [5.74, 6) is -1.50. The maximum Gasteiger partial charge on any atom is 0.356 e. The van der Waals surface area contributed by atoms with E-state index in [1.165, 1.54) is 22.6 Å². The lowest BCUT2D eigenvalue weighted by Gasteiger charge is -2.15. The van der Waals surface area contributed by atoms with Gasteiger partial charge in [0, 0.05) is 13.2 Å². The normalized spacial score (nSPS) is 12.1. The van der Waals surface area contributed by atoms with E-state index in [0.29, 0.717) is 6.42 Å². The molecule has 0 radical (unpaired) electrons. The predicted molar refractivity (Wildman–Crippen MR) is 78.1 cm³/mol. The summed E-state index contributed by atoms with van der Waals surface area (Å²) < 4.78 is 3.49. The second kappa shape index (κ2) is 6.08. The summed E-state index contributed by atoms with van der Waals surface area (Å²) in [7, 11) is 1.50. The van der Waals surface area contributed by atoms with Gasteiger partial charge in [-0.25, -0.2) is 4.79 Å². The van der Waals surface area contributed by atoms with E-state index >= 15 is 0 Å². The summed E-state index contributed by atoms with van der Waals surface area (Å²) in [5, 5.41) is 19.6. The van der Waals surface area contributed by atoms with Crippen LogP contribution in [0, 0.1) is 0 Å². The molecule has 0 spiro atoms. The molecule has 2 heterocycles. The van der Waals surface area contributed by atoms with Gasteiger partial charge in [-0.3, -0.25) is 14.2 Å². The summed E-state index contributed by atoms with van der Waals surface area (Å²) >= 11 is 3.27. The minimum Gasteiger partial charge on any atom is -0.476 e. The van der Waals surface area contributed by atoms with Gasteiger partial charge in [-0.1, -0.05) is 6.92 Å². The van der Waals surface area contributed by atoms with Crippen molar-refractivity contribution in [2.45, 2.75) is 19.4 Å². The average Bonchev–Trinajstić information content (AvgIpc) is 2.97. The Balaban J connectivity index is 2.22. The van der Waals surface area contributed by atoms with E-state index in [9.17, 15) is 9.59 Å². The Hall–Kier alpha value is -2.16.